The molecule has 2 heterocycles. The molecule has 1 fully saturated rings. The molecule has 2 aromatic carbocycles. The molecule has 4 rings (SSSR count). The van der Waals surface area contributed by atoms with Gasteiger partial charge in [-0.2, -0.15) is 0 Å². The van der Waals surface area contributed by atoms with Crippen LogP contribution in [-0.4, -0.2) is 46.1 Å². The molecule has 0 aliphatic carbocycles. The van der Waals surface area contributed by atoms with E-state index in [1.807, 2.05) is 36.1 Å². The predicted molar refractivity (Wildman–Crippen MR) is 112 cm³/mol. The van der Waals surface area contributed by atoms with Crippen LogP contribution in [0.4, 0.5) is 10.1 Å². The van der Waals surface area contributed by atoms with E-state index >= 15 is 0 Å². The Hall–Kier alpha value is -3.09. The fourth-order valence-electron chi connectivity index (χ4n) is 4.04. The Balaban J connectivity index is 1.50. The molecule has 1 aliphatic heterocycles. The maximum Gasteiger partial charge on any atom is 0.329 e. The van der Waals surface area contributed by atoms with Crippen LogP contribution in [0.3, 0.4) is 0 Å². The summed E-state index contributed by atoms with van der Waals surface area (Å²) < 4.78 is 16.4. The van der Waals surface area contributed by atoms with Crippen LogP contribution in [0.5, 0.6) is 0 Å². The Morgan fingerprint density at radius 3 is 2.31 bits per heavy atom. The number of rotatable bonds is 4. The lowest BCUT2D eigenvalue weighted by Crippen LogP contribution is -2.39. The van der Waals surface area contributed by atoms with Gasteiger partial charge in [0, 0.05) is 38.4 Å². The molecule has 0 N–H and O–H groups in total. The summed E-state index contributed by atoms with van der Waals surface area (Å²) in [4.78, 5) is 29.8. The number of halogens is 1. The van der Waals surface area contributed by atoms with Gasteiger partial charge in [0.05, 0.1) is 11.0 Å². The fourth-order valence-corrected chi connectivity index (χ4v) is 4.04. The molecule has 1 aromatic heterocycles. The van der Waals surface area contributed by atoms with Crippen LogP contribution in [0.25, 0.3) is 11.0 Å². The highest BCUT2D eigenvalue weighted by atomic mass is 19.1. The molecule has 1 saturated heterocycles. The minimum atomic E-state index is -0.253. The number of para-hydroxylation sites is 2. The topological polar surface area (TPSA) is 50.5 Å². The first kappa shape index (κ1) is 19.2. The zero-order valence-corrected chi connectivity index (χ0v) is 16.6. The summed E-state index contributed by atoms with van der Waals surface area (Å²) in [6.07, 6.45) is 0.828. The third kappa shape index (κ3) is 3.77. The third-order valence-electron chi connectivity index (χ3n) is 5.58. The number of aromatic nitrogens is 2. The van der Waals surface area contributed by atoms with Crippen molar-refractivity contribution in [3.63, 3.8) is 0 Å². The molecule has 0 saturated carbocycles. The van der Waals surface area contributed by atoms with Crippen LogP contribution >= 0.6 is 0 Å². The Morgan fingerprint density at radius 1 is 0.931 bits per heavy atom. The van der Waals surface area contributed by atoms with Crippen molar-refractivity contribution in [3.8, 4) is 0 Å². The third-order valence-corrected chi connectivity index (χ3v) is 5.58. The number of carbonyl (C=O) groups is 1. The van der Waals surface area contributed by atoms with Gasteiger partial charge in [0.1, 0.15) is 12.4 Å². The molecule has 7 heteroatoms. The van der Waals surface area contributed by atoms with Crippen LogP contribution in [0, 0.1) is 5.82 Å². The Morgan fingerprint density at radius 2 is 1.62 bits per heavy atom. The van der Waals surface area contributed by atoms with E-state index < -0.39 is 0 Å². The molecular weight excluding hydrogens is 371 g/mol. The number of nitrogens with zero attached hydrogens (tertiary/aromatic N) is 4. The van der Waals surface area contributed by atoms with Crippen molar-refractivity contribution in [2.24, 2.45) is 0 Å². The Bertz CT molecular complexity index is 1070. The summed E-state index contributed by atoms with van der Waals surface area (Å²) in [7, 11) is 0. The average molecular weight is 396 g/mol. The van der Waals surface area contributed by atoms with Gasteiger partial charge in [-0.1, -0.05) is 12.1 Å². The standard InChI is InChI=1S/C22H25FN4O2/c1-2-26-19-6-3-4-7-20(19)27(22(26)29)16-21(28)25-13-5-12-24(14-15-25)18-10-8-17(23)9-11-18/h3-4,6-11H,2,5,12-16H2,1H3. The number of anilines is 1. The van der Waals surface area contributed by atoms with Crippen molar-refractivity contribution in [1.29, 1.82) is 0 Å². The zero-order chi connectivity index (χ0) is 20.4. The van der Waals surface area contributed by atoms with Gasteiger partial charge >= 0.3 is 5.69 Å². The summed E-state index contributed by atoms with van der Waals surface area (Å²) in [6, 6.07) is 14.0. The van der Waals surface area contributed by atoms with Gasteiger partial charge in [-0.3, -0.25) is 13.9 Å². The van der Waals surface area contributed by atoms with Crippen LogP contribution in [0.2, 0.25) is 0 Å². The smallest absolute Gasteiger partial charge is 0.329 e. The molecule has 29 heavy (non-hydrogen) atoms. The van der Waals surface area contributed by atoms with E-state index in [0.717, 1.165) is 29.7 Å². The lowest BCUT2D eigenvalue weighted by atomic mass is 10.2. The Kier molecular flexibility index (Phi) is 5.38. The number of aryl methyl sites for hydroxylation is 1. The van der Waals surface area contributed by atoms with E-state index in [-0.39, 0.29) is 24.0 Å². The first-order chi connectivity index (χ1) is 14.1. The van der Waals surface area contributed by atoms with Crippen molar-refractivity contribution in [3.05, 3.63) is 64.8 Å². The van der Waals surface area contributed by atoms with Gasteiger partial charge in [-0.15, -0.1) is 0 Å². The van der Waals surface area contributed by atoms with E-state index in [2.05, 4.69) is 4.90 Å². The predicted octanol–water partition coefficient (Wildman–Crippen LogP) is 2.70. The SMILES string of the molecule is CCn1c(=O)n(CC(=O)N2CCCN(c3ccc(F)cc3)CC2)c2ccccc21. The molecule has 1 amide bonds. The molecule has 0 atom stereocenters. The van der Waals surface area contributed by atoms with Crippen molar-refractivity contribution in [2.45, 2.75) is 26.4 Å². The van der Waals surface area contributed by atoms with Crippen LogP contribution in [-0.2, 0) is 17.9 Å². The lowest BCUT2D eigenvalue weighted by molar-refractivity contribution is -0.131. The number of fused-ring (bicyclic) bond motifs is 1. The molecule has 0 spiro atoms. The minimum Gasteiger partial charge on any atom is -0.370 e. The molecular formula is C22H25FN4O2. The van der Waals surface area contributed by atoms with E-state index in [0.29, 0.717) is 26.2 Å². The summed E-state index contributed by atoms with van der Waals surface area (Å²) in [5.41, 5.74) is 2.45. The molecule has 6 nitrogen and oxygen atoms in total. The number of hydrogen-bond acceptors (Lipinski definition) is 3. The largest absolute Gasteiger partial charge is 0.370 e. The monoisotopic (exact) mass is 396 g/mol. The van der Waals surface area contributed by atoms with Gasteiger partial charge in [0.2, 0.25) is 5.91 Å². The molecule has 1 aliphatic rings. The normalized spacial score (nSPS) is 15.0. The fraction of sp³-hybridized carbons (Fsp3) is 0.364. The maximum atomic E-state index is 13.2. The number of carbonyl (C=O) groups excluding carboxylic acids is 1. The number of benzene rings is 2. The summed E-state index contributed by atoms with van der Waals surface area (Å²) in [5.74, 6) is -0.302. The van der Waals surface area contributed by atoms with Crippen molar-refractivity contribution in [1.82, 2.24) is 14.0 Å². The van der Waals surface area contributed by atoms with E-state index in [1.54, 1.807) is 21.3 Å². The van der Waals surface area contributed by atoms with Crippen molar-refractivity contribution in [2.75, 3.05) is 31.1 Å². The highest BCUT2D eigenvalue weighted by Gasteiger charge is 2.22. The highest BCUT2D eigenvalue weighted by Crippen LogP contribution is 2.18. The van der Waals surface area contributed by atoms with Crippen LogP contribution in [0.1, 0.15) is 13.3 Å². The molecule has 152 valence electrons. The van der Waals surface area contributed by atoms with Crippen molar-refractivity contribution < 1.29 is 9.18 Å². The van der Waals surface area contributed by atoms with Crippen LogP contribution in [0.15, 0.2) is 53.3 Å². The van der Waals surface area contributed by atoms with Gasteiger partial charge in [-0.25, -0.2) is 9.18 Å². The first-order valence-corrected chi connectivity index (χ1v) is 10.0. The summed E-state index contributed by atoms with van der Waals surface area (Å²) in [5, 5.41) is 0. The van der Waals surface area contributed by atoms with Crippen LogP contribution < -0.4 is 10.6 Å². The van der Waals surface area contributed by atoms with Gasteiger partial charge in [0.15, 0.2) is 0 Å². The highest BCUT2D eigenvalue weighted by molar-refractivity contribution is 5.81. The molecule has 0 bridgehead atoms. The zero-order valence-electron chi connectivity index (χ0n) is 16.6. The van der Waals surface area contributed by atoms with Gasteiger partial charge in [-0.05, 0) is 49.7 Å². The lowest BCUT2D eigenvalue weighted by Gasteiger charge is -2.23. The average Bonchev–Trinajstić information content (AvgIpc) is 2.89. The van der Waals surface area contributed by atoms with E-state index in [1.165, 1.54) is 12.1 Å². The second-order valence-corrected chi connectivity index (χ2v) is 7.30. The number of hydrogen-bond donors (Lipinski definition) is 0. The maximum absolute atomic E-state index is 13.2. The second kappa shape index (κ2) is 8.11. The molecule has 0 radical (unpaired) electrons. The molecule has 3 aromatic rings. The summed E-state index contributed by atoms with van der Waals surface area (Å²) in [6.45, 7) is 5.27. The van der Waals surface area contributed by atoms with E-state index in [9.17, 15) is 14.0 Å². The van der Waals surface area contributed by atoms with Gasteiger partial charge < -0.3 is 9.80 Å². The number of amides is 1. The number of imidazole rings is 1. The quantitative estimate of drug-likeness (QED) is 0.681. The second-order valence-electron chi connectivity index (χ2n) is 7.30. The van der Waals surface area contributed by atoms with Crippen molar-refractivity contribution >= 4 is 22.6 Å². The van der Waals surface area contributed by atoms with E-state index in [4.69, 9.17) is 0 Å². The Labute approximate surface area is 168 Å². The first-order valence-electron chi connectivity index (χ1n) is 10.0. The molecule has 0 unspecified atom stereocenters. The minimum absolute atomic E-state index is 0.0445. The summed E-state index contributed by atoms with van der Waals surface area (Å²) >= 11 is 0. The van der Waals surface area contributed by atoms with Gasteiger partial charge in [0.25, 0.3) is 0 Å².